The first-order valence-corrected chi connectivity index (χ1v) is 5.19. The fourth-order valence-corrected chi connectivity index (χ4v) is 2.09. The minimum atomic E-state index is -0.809. The smallest absolute Gasteiger partial charge is 0.0995 e. The van der Waals surface area contributed by atoms with E-state index in [0.717, 1.165) is 18.5 Å². The maximum Gasteiger partial charge on any atom is 0.0995 e. The molecule has 0 aliphatic carbocycles. The van der Waals surface area contributed by atoms with Crippen LogP contribution >= 0.6 is 24.0 Å². The molecule has 0 saturated carbocycles. The van der Waals surface area contributed by atoms with Gasteiger partial charge in [-0.1, -0.05) is 17.7 Å². The molecule has 0 bridgehead atoms. The van der Waals surface area contributed by atoms with Crippen LogP contribution in [-0.2, 0) is 12.0 Å². The molecule has 1 aromatic rings. The van der Waals surface area contributed by atoms with Crippen molar-refractivity contribution < 1.29 is 5.11 Å². The number of aliphatic hydroxyl groups is 1. The van der Waals surface area contributed by atoms with E-state index >= 15 is 0 Å². The Kier molecular flexibility index (Phi) is 4.01. The molecule has 1 atom stereocenters. The van der Waals surface area contributed by atoms with E-state index < -0.39 is 5.60 Å². The lowest BCUT2D eigenvalue weighted by molar-refractivity contribution is 0.0595. The van der Waals surface area contributed by atoms with Gasteiger partial charge in [-0.3, -0.25) is 0 Å². The molecule has 4 heteroatoms. The molecule has 1 aromatic carbocycles. The summed E-state index contributed by atoms with van der Waals surface area (Å²) in [5.41, 5.74) is 1.33. The van der Waals surface area contributed by atoms with Crippen LogP contribution in [-0.4, -0.2) is 18.2 Å². The summed E-state index contributed by atoms with van der Waals surface area (Å²) in [5.74, 6) is 0. The number of nitrogens with one attached hydrogen (secondary N) is 1. The van der Waals surface area contributed by atoms with Crippen LogP contribution in [0.1, 0.15) is 18.1 Å². The van der Waals surface area contributed by atoms with E-state index in [0.29, 0.717) is 11.6 Å². The minimum absolute atomic E-state index is 0. The van der Waals surface area contributed by atoms with Gasteiger partial charge in [0.1, 0.15) is 0 Å². The second-order valence-corrected chi connectivity index (χ2v) is 4.44. The third-order valence-electron chi connectivity index (χ3n) is 2.69. The quantitative estimate of drug-likeness (QED) is 0.737. The monoisotopic (exact) mass is 247 g/mol. The standard InChI is InChI=1S/C11H14ClNO.ClH/c1-11(14)7-13-5-4-8-2-3-9(12)6-10(8)11;/h2-3,6,13-14H,4-5,7H2,1H3;1H/t11-;/m0./s1. The van der Waals surface area contributed by atoms with E-state index in [-0.39, 0.29) is 12.4 Å². The van der Waals surface area contributed by atoms with Gasteiger partial charge >= 0.3 is 0 Å². The van der Waals surface area contributed by atoms with Crippen molar-refractivity contribution in [3.63, 3.8) is 0 Å². The predicted molar refractivity (Wildman–Crippen MR) is 64.8 cm³/mol. The number of β-amino-alcohol motifs (C(OH)–C–C–N with tert-alkyl or cyclic N) is 1. The first-order valence-electron chi connectivity index (χ1n) is 4.81. The normalized spacial score (nSPS) is 25.0. The minimum Gasteiger partial charge on any atom is -0.384 e. The summed E-state index contributed by atoms with van der Waals surface area (Å²) in [5, 5.41) is 14.1. The highest BCUT2D eigenvalue weighted by molar-refractivity contribution is 6.30. The molecule has 84 valence electrons. The third kappa shape index (κ3) is 2.64. The van der Waals surface area contributed by atoms with Crippen LogP contribution in [0.25, 0.3) is 0 Å². The molecule has 0 spiro atoms. The number of hydrogen-bond donors (Lipinski definition) is 2. The molecule has 0 aromatic heterocycles. The lowest BCUT2D eigenvalue weighted by atomic mass is 9.91. The number of halogens is 2. The zero-order valence-electron chi connectivity index (χ0n) is 8.59. The Labute approximate surface area is 101 Å². The van der Waals surface area contributed by atoms with Crippen molar-refractivity contribution in [2.75, 3.05) is 13.1 Å². The average molecular weight is 248 g/mol. The van der Waals surface area contributed by atoms with Crippen LogP contribution in [0.15, 0.2) is 18.2 Å². The van der Waals surface area contributed by atoms with Crippen molar-refractivity contribution in [2.45, 2.75) is 18.9 Å². The molecule has 1 aliphatic heterocycles. The summed E-state index contributed by atoms with van der Waals surface area (Å²) in [7, 11) is 0. The van der Waals surface area contributed by atoms with Crippen LogP contribution in [0.2, 0.25) is 5.02 Å². The summed E-state index contributed by atoms with van der Waals surface area (Å²) in [4.78, 5) is 0. The van der Waals surface area contributed by atoms with Crippen molar-refractivity contribution in [1.29, 1.82) is 0 Å². The molecule has 0 amide bonds. The van der Waals surface area contributed by atoms with E-state index in [2.05, 4.69) is 5.32 Å². The van der Waals surface area contributed by atoms with E-state index in [1.807, 2.05) is 25.1 Å². The highest BCUT2D eigenvalue weighted by atomic mass is 35.5. The van der Waals surface area contributed by atoms with E-state index in [1.165, 1.54) is 5.56 Å². The van der Waals surface area contributed by atoms with Gasteiger partial charge in [-0.25, -0.2) is 0 Å². The SMILES string of the molecule is C[C@]1(O)CNCCc2ccc(Cl)cc21.Cl. The molecular weight excluding hydrogens is 233 g/mol. The molecular formula is C11H15Cl2NO. The summed E-state index contributed by atoms with van der Waals surface area (Å²) in [6.45, 7) is 3.31. The maximum absolute atomic E-state index is 10.2. The largest absolute Gasteiger partial charge is 0.384 e. The van der Waals surface area contributed by atoms with Gasteiger partial charge in [-0.2, -0.15) is 0 Å². The Balaban J connectivity index is 0.00000112. The van der Waals surface area contributed by atoms with Crippen LogP contribution in [0, 0.1) is 0 Å². The third-order valence-corrected chi connectivity index (χ3v) is 2.93. The molecule has 2 N–H and O–H groups in total. The summed E-state index contributed by atoms with van der Waals surface area (Å²) >= 11 is 5.93. The maximum atomic E-state index is 10.2. The van der Waals surface area contributed by atoms with Crippen molar-refractivity contribution in [1.82, 2.24) is 5.32 Å². The van der Waals surface area contributed by atoms with Crippen LogP contribution in [0.3, 0.4) is 0 Å². The summed E-state index contributed by atoms with van der Waals surface area (Å²) in [6.07, 6.45) is 0.947. The van der Waals surface area contributed by atoms with E-state index in [9.17, 15) is 5.11 Å². The molecule has 2 nitrogen and oxygen atoms in total. The van der Waals surface area contributed by atoms with Crippen LogP contribution in [0.4, 0.5) is 0 Å². The van der Waals surface area contributed by atoms with Gasteiger partial charge in [-0.05, 0) is 43.1 Å². The van der Waals surface area contributed by atoms with Crippen molar-refractivity contribution in [3.8, 4) is 0 Å². The molecule has 0 saturated heterocycles. The highest BCUT2D eigenvalue weighted by Crippen LogP contribution is 2.28. The Bertz CT molecular complexity index is 352. The van der Waals surface area contributed by atoms with Crippen LogP contribution in [0.5, 0.6) is 0 Å². The Morgan fingerprint density at radius 1 is 1.47 bits per heavy atom. The molecule has 0 radical (unpaired) electrons. The fourth-order valence-electron chi connectivity index (χ4n) is 1.92. The summed E-state index contributed by atoms with van der Waals surface area (Å²) in [6, 6.07) is 5.74. The van der Waals surface area contributed by atoms with Gasteiger partial charge in [0.05, 0.1) is 5.60 Å². The van der Waals surface area contributed by atoms with Crippen molar-refractivity contribution >= 4 is 24.0 Å². The number of benzene rings is 1. The Morgan fingerprint density at radius 2 is 2.20 bits per heavy atom. The molecule has 15 heavy (non-hydrogen) atoms. The van der Waals surface area contributed by atoms with E-state index in [4.69, 9.17) is 11.6 Å². The Hall–Kier alpha value is -0.280. The van der Waals surface area contributed by atoms with Crippen molar-refractivity contribution in [3.05, 3.63) is 34.3 Å². The topological polar surface area (TPSA) is 32.3 Å². The molecule has 0 unspecified atom stereocenters. The second-order valence-electron chi connectivity index (χ2n) is 4.00. The first-order chi connectivity index (χ1) is 6.59. The first kappa shape index (κ1) is 12.8. The Morgan fingerprint density at radius 3 is 2.93 bits per heavy atom. The molecule has 1 aliphatic rings. The lowest BCUT2D eigenvalue weighted by Crippen LogP contribution is -2.33. The molecule has 2 rings (SSSR count). The van der Waals surface area contributed by atoms with Gasteiger partial charge in [0, 0.05) is 11.6 Å². The number of hydrogen-bond acceptors (Lipinski definition) is 2. The van der Waals surface area contributed by atoms with Gasteiger partial charge < -0.3 is 10.4 Å². The van der Waals surface area contributed by atoms with Gasteiger partial charge in [0.15, 0.2) is 0 Å². The lowest BCUT2D eigenvalue weighted by Gasteiger charge is -2.23. The van der Waals surface area contributed by atoms with Gasteiger partial charge in [-0.15, -0.1) is 12.4 Å². The molecule has 0 fully saturated rings. The zero-order valence-corrected chi connectivity index (χ0v) is 10.2. The van der Waals surface area contributed by atoms with Gasteiger partial charge in [0.2, 0.25) is 0 Å². The van der Waals surface area contributed by atoms with Crippen molar-refractivity contribution in [2.24, 2.45) is 0 Å². The van der Waals surface area contributed by atoms with Gasteiger partial charge in [0.25, 0.3) is 0 Å². The van der Waals surface area contributed by atoms with Crippen LogP contribution < -0.4 is 5.32 Å². The zero-order chi connectivity index (χ0) is 10.2. The van der Waals surface area contributed by atoms with E-state index in [1.54, 1.807) is 0 Å². The second kappa shape index (κ2) is 4.71. The number of fused-ring (bicyclic) bond motifs is 1. The number of rotatable bonds is 0. The average Bonchev–Trinajstić information content (AvgIpc) is 2.26. The predicted octanol–water partition coefficient (Wildman–Crippen LogP) is 2.11. The fraction of sp³-hybridized carbons (Fsp3) is 0.455. The molecule has 1 heterocycles. The summed E-state index contributed by atoms with van der Waals surface area (Å²) < 4.78 is 0. The highest BCUT2D eigenvalue weighted by Gasteiger charge is 2.27.